The van der Waals surface area contributed by atoms with Gasteiger partial charge in [-0.2, -0.15) is 0 Å². The number of nitrogens with one attached hydrogen (secondary N) is 1. The number of nitrogens with zero attached hydrogens (tertiary/aromatic N) is 1. The molecule has 1 heterocycles. The van der Waals surface area contributed by atoms with Gasteiger partial charge in [-0.3, -0.25) is 4.99 Å². The highest BCUT2D eigenvalue weighted by Gasteiger charge is 1.98. The molecule has 0 aromatic rings. The molecule has 0 bridgehead atoms. The van der Waals surface area contributed by atoms with E-state index < -0.39 is 0 Å². The first kappa shape index (κ1) is 7.32. The molecule has 56 valence electrons. The fourth-order valence-corrected chi connectivity index (χ4v) is 0.792. The van der Waals surface area contributed by atoms with Crippen molar-refractivity contribution in [3.05, 3.63) is 12.2 Å². The van der Waals surface area contributed by atoms with Crippen LogP contribution in [0.25, 0.3) is 0 Å². The van der Waals surface area contributed by atoms with Crippen LogP contribution in [0.15, 0.2) is 17.1 Å². The van der Waals surface area contributed by atoms with Crippen LogP contribution < -0.4 is 5.32 Å². The topological polar surface area (TPSA) is 24.4 Å². The van der Waals surface area contributed by atoms with Crippen molar-refractivity contribution in [1.82, 2.24) is 5.32 Å². The summed E-state index contributed by atoms with van der Waals surface area (Å²) in [6.45, 7) is 6.24. The minimum absolute atomic E-state index is 0.691. The van der Waals surface area contributed by atoms with Crippen molar-refractivity contribution in [2.24, 2.45) is 10.9 Å². The molecular weight excluding hydrogens is 124 g/mol. The van der Waals surface area contributed by atoms with E-state index in [1.165, 1.54) is 0 Å². The van der Waals surface area contributed by atoms with Gasteiger partial charge in [-0.25, -0.2) is 0 Å². The molecule has 0 saturated carbocycles. The zero-order valence-corrected chi connectivity index (χ0v) is 6.59. The highest BCUT2D eigenvalue weighted by atomic mass is 15.0. The number of rotatable bonds is 2. The molecule has 0 aliphatic carbocycles. The molecule has 1 aliphatic rings. The summed E-state index contributed by atoms with van der Waals surface area (Å²) in [5.41, 5.74) is 0. The van der Waals surface area contributed by atoms with Crippen LogP contribution in [0.3, 0.4) is 0 Å². The van der Waals surface area contributed by atoms with E-state index in [1.54, 1.807) is 0 Å². The van der Waals surface area contributed by atoms with E-state index in [-0.39, 0.29) is 0 Å². The summed E-state index contributed by atoms with van der Waals surface area (Å²) in [5.74, 6) is 1.73. The van der Waals surface area contributed by atoms with Gasteiger partial charge in [0.15, 0.2) is 0 Å². The van der Waals surface area contributed by atoms with Crippen LogP contribution in [0.4, 0.5) is 0 Å². The summed E-state index contributed by atoms with van der Waals surface area (Å²) >= 11 is 0. The first-order valence-electron chi connectivity index (χ1n) is 3.74. The third kappa shape index (κ3) is 2.21. The fourth-order valence-electron chi connectivity index (χ4n) is 0.792. The Kier molecular flexibility index (Phi) is 2.49. The van der Waals surface area contributed by atoms with Gasteiger partial charge in [0.05, 0.1) is 6.54 Å². The molecule has 1 rings (SSSR count). The molecule has 0 radical (unpaired) electrons. The molecule has 0 amide bonds. The first-order valence-corrected chi connectivity index (χ1v) is 3.74. The average Bonchev–Trinajstić information content (AvgIpc) is 2.34. The summed E-state index contributed by atoms with van der Waals surface area (Å²) < 4.78 is 0. The normalized spacial score (nSPS) is 16.1. The Balaban J connectivity index is 2.19. The lowest BCUT2D eigenvalue weighted by Crippen LogP contribution is -2.24. The van der Waals surface area contributed by atoms with Crippen molar-refractivity contribution in [1.29, 1.82) is 0 Å². The average molecular weight is 138 g/mol. The minimum Gasteiger partial charge on any atom is -0.370 e. The molecule has 10 heavy (non-hydrogen) atoms. The van der Waals surface area contributed by atoms with E-state index in [1.807, 2.05) is 6.08 Å². The van der Waals surface area contributed by atoms with Gasteiger partial charge in [-0.05, 0) is 12.0 Å². The van der Waals surface area contributed by atoms with Crippen molar-refractivity contribution in [3.8, 4) is 0 Å². The Morgan fingerprint density at radius 2 is 2.50 bits per heavy atom. The molecule has 2 nitrogen and oxygen atoms in total. The fraction of sp³-hybridized carbons (Fsp3) is 0.625. The van der Waals surface area contributed by atoms with Crippen molar-refractivity contribution in [3.63, 3.8) is 0 Å². The Morgan fingerprint density at radius 1 is 1.70 bits per heavy atom. The summed E-state index contributed by atoms with van der Waals surface area (Å²) in [5, 5.41) is 3.24. The lowest BCUT2D eigenvalue weighted by atomic mass is 10.2. The first-order chi connectivity index (χ1) is 4.79. The van der Waals surface area contributed by atoms with E-state index in [2.05, 4.69) is 30.2 Å². The van der Waals surface area contributed by atoms with Crippen LogP contribution in [-0.4, -0.2) is 18.9 Å². The van der Waals surface area contributed by atoms with Crippen LogP contribution in [0.1, 0.15) is 13.8 Å². The summed E-state index contributed by atoms with van der Waals surface area (Å²) in [4.78, 5) is 4.20. The lowest BCUT2D eigenvalue weighted by molar-refractivity contribution is 0.625. The number of aliphatic imine (C=N–C) groups is 1. The van der Waals surface area contributed by atoms with Gasteiger partial charge in [0.2, 0.25) is 0 Å². The van der Waals surface area contributed by atoms with Gasteiger partial charge in [-0.1, -0.05) is 19.9 Å². The van der Waals surface area contributed by atoms with Crippen molar-refractivity contribution < 1.29 is 0 Å². The summed E-state index contributed by atoms with van der Waals surface area (Å²) in [7, 11) is 0. The van der Waals surface area contributed by atoms with Crippen molar-refractivity contribution >= 4 is 5.84 Å². The molecular formula is C8H14N2. The van der Waals surface area contributed by atoms with Gasteiger partial charge >= 0.3 is 0 Å². The van der Waals surface area contributed by atoms with Gasteiger partial charge in [0, 0.05) is 6.54 Å². The van der Waals surface area contributed by atoms with Gasteiger partial charge in [0.25, 0.3) is 0 Å². The smallest absolute Gasteiger partial charge is 0.120 e. The molecule has 0 saturated heterocycles. The maximum atomic E-state index is 4.20. The summed E-state index contributed by atoms with van der Waals surface area (Å²) in [6.07, 6.45) is 4.09. The van der Waals surface area contributed by atoms with E-state index in [4.69, 9.17) is 0 Å². The predicted molar refractivity (Wildman–Crippen MR) is 44.3 cm³/mol. The van der Waals surface area contributed by atoms with Crippen molar-refractivity contribution in [2.45, 2.75) is 13.8 Å². The van der Waals surface area contributed by atoms with E-state index in [0.29, 0.717) is 5.92 Å². The van der Waals surface area contributed by atoms with Crippen LogP contribution in [0.5, 0.6) is 0 Å². The molecule has 2 heteroatoms. The van der Waals surface area contributed by atoms with E-state index >= 15 is 0 Å². The van der Waals surface area contributed by atoms with Gasteiger partial charge in [0.1, 0.15) is 5.84 Å². The molecule has 0 aromatic heterocycles. The van der Waals surface area contributed by atoms with Crippen LogP contribution in [0.2, 0.25) is 0 Å². The third-order valence-corrected chi connectivity index (χ3v) is 1.33. The maximum Gasteiger partial charge on any atom is 0.120 e. The second-order valence-corrected chi connectivity index (χ2v) is 2.90. The molecule has 0 aromatic carbocycles. The number of hydrogen-bond acceptors (Lipinski definition) is 2. The quantitative estimate of drug-likeness (QED) is 0.609. The highest BCUT2D eigenvalue weighted by molar-refractivity contribution is 5.94. The van der Waals surface area contributed by atoms with Crippen LogP contribution in [-0.2, 0) is 0 Å². The molecule has 0 atom stereocenters. The van der Waals surface area contributed by atoms with Crippen molar-refractivity contribution in [2.75, 3.05) is 13.1 Å². The highest BCUT2D eigenvalue weighted by Crippen LogP contribution is 1.92. The standard InChI is InChI=1S/C8H14N2/c1-7(2)6-10-8-4-3-5-9-8/h3-4,7H,5-6H2,1-2H3,(H,9,10). The Labute approximate surface area is 62.0 Å². The Bertz CT molecular complexity index is 157. The third-order valence-electron chi connectivity index (χ3n) is 1.33. The predicted octanol–water partition coefficient (Wildman–Crippen LogP) is 1.20. The van der Waals surface area contributed by atoms with Crippen LogP contribution >= 0.6 is 0 Å². The number of amidine groups is 1. The monoisotopic (exact) mass is 138 g/mol. The lowest BCUT2D eigenvalue weighted by Gasteiger charge is -2.05. The Morgan fingerprint density at radius 3 is 3.00 bits per heavy atom. The van der Waals surface area contributed by atoms with E-state index in [0.717, 1.165) is 18.9 Å². The second-order valence-electron chi connectivity index (χ2n) is 2.90. The van der Waals surface area contributed by atoms with E-state index in [9.17, 15) is 0 Å². The second kappa shape index (κ2) is 3.40. The molecule has 0 unspecified atom stereocenters. The minimum atomic E-state index is 0.691. The SMILES string of the molecule is CC(C)CNC1=NCC=C1. The zero-order valence-electron chi connectivity index (χ0n) is 6.59. The van der Waals surface area contributed by atoms with Crippen LogP contribution in [0, 0.1) is 5.92 Å². The largest absolute Gasteiger partial charge is 0.370 e. The molecule has 1 aliphatic heterocycles. The zero-order chi connectivity index (χ0) is 7.40. The summed E-state index contributed by atoms with van der Waals surface area (Å²) in [6, 6.07) is 0. The molecule has 0 spiro atoms. The van der Waals surface area contributed by atoms with Gasteiger partial charge in [-0.15, -0.1) is 0 Å². The van der Waals surface area contributed by atoms with Gasteiger partial charge < -0.3 is 5.32 Å². The maximum absolute atomic E-state index is 4.20. The Hall–Kier alpha value is -0.790. The molecule has 1 N–H and O–H groups in total. The number of hydrogen-bond donors (Lipinski definition) is 1. The molecule has 0 fully saturated rings.